The zero-order valence-corrected chi connectivity index (χ0v) is 18.0. The summed E-state index contributed by atoms with van der Waals surface area (Å²) in [5, 5.41) is 2.64. The highest BCUT2D eigenvalue weighted by Gasteiger charge is 2.23. The van der Waals surface area contributed by atoms with Gasteiger partial charge in [-0.15, -0.1) is 11.3 Å². The van der Waals surface area contributed by atoms with Crippen molar-refractivity contribution in [2.24, 2.45) is 0 Å². The number of aromatic nitrogens is 1. The maximum absolute atomic E-state index is 13.1. The smallest absolute Gasteiger partial charge is 0.273 e. The molecule has 0 N–H and O–H groups in total. The molecule has 3 aromatic rings. The Balaban J connectivity index is 1.45. The average molecular weight is 424 g/mol. The number of thiazole rings is 1. The summed E-state index contributed by atoms with van der Waals surface area (Å²) < 4.78 is 10.7. The molecule has 0 aliphatic carbocycles. The van der Waals surface area contributed by atoms with Gasteiger partial charge in [-0.2, -0.15) is 0 Å². The van der Waals surface area contributed by atoms with Crippen molar-refractivity contribution in [3.63, 3.8) is 0 Å². The van der Waals surface area contributed by atoms with E-state index in [9.17, 15) is 4.79 Å². The Bertz CT molecular complexity index is 1000. The molecule has 30 heavy (non-hydrogen) atoms. The fraction of sp³-hybridized carbons (Fsp3) is 0.304. The minimum Gasteiger partial charge on any atom is -0.497 e. The predicted octanol–water partition coefficient (Wildman–Crippen LogP) is 4.18. The van der Waals surface area contributed by atoms with Crippen molar-refractivity contribution in [1.82, 2.24) is 9.88 Å². The molecule has 2 heterocycles. The van der Waals surface area contributed by atoms with E-state index < -0.39 is 0 Å². The fourth-order valence-corrected chi connectivity index (χ4v) is 4.47. The molecule has 1 aliphatic heterocycles. The van der Waals surface area contributed by atoms with Crippen LogP contribution in [0.5, 0.6) is 11.5 Å². The molecule has 156 valence electrons. The molecule has 4 rings (SSSR count). The van der Waals surface area contributed by atoms with Crippen molar-refractivity contribution >= 4 is 22.9 Å². The third-order valence-electron chi connectivity index (χ3n) is 5.28. The van der Waals surface area contributed by atoms with Gasteiger partial charge in [-0.05, 0) is 42.8 Å². The summed E-state index contributed by atoms with van der Waals surface area (Å²) in [6.07, 6.45) is 0.918. The van der Waals surface area contributed by atoms with Gasteiger partial charge in [-0.25, -0.2) is 4.98 Å². The van der Waals surface area contributed by atoms with Crippen LogP contribution in [0, 0.1) is 0 Å². The van der Waals surface area contributed by atoms with Gasteiger partial charge in [-0.3, -0.25) is 4.79 Å². The van der Waals surface area contributed by atoms with E-state index in [4.69, 9.17) is 9.47 Å². The van der Waals surface area contributed by atoms with E-state index in [0.717, 1.165) is 53.8 Å². The first kappa shape index (κ1) is 20.2. The van der Waals surface area contributed by atoms with E-state index >= 15 is 0 Å². The van der Waals surface area contributed by atoms with Crippen molar-refractivity contribution in [3.05, 3.63) is 59.6 Å². The Morgan fingerprint density at radius 2 is 1.77 bits per heavy atom. The number of para-hydroxylation sites is 1. The summed E-state index contributed by atoms with van der Waals surface area (Å²) in [5.74, 6) is 1.60. The lowest BCUT2D eigenvalue weighted by atomic mass is 10.2. The van der Waals surface area contributed by atoms with Gasteiger partial charge < -0.3 is 19.3 Å². The van der Waals surface area contributed by atoms with Crippen LogP contribution in [0.15, 0.2) is 53.9 Å². The molecule has 1 aliphatic rings. The SMILES string of the molecule is COc1ccc(N2CCCN(C(=O)c3csc(-c4ccccc4OC)n3)CC2)cc1. The first-order valence-electron chi connectivity index (χ1n) is 9.97. The zero-order valence-electron chi connectivity index (χ0n) is 17.2. The minimum atomic E-state index is -0.0102. The van der Waals surface area contributed by atoms with Crippen molar-refractivity contribution in [3.8, 4) is 22.1 Å². The number of carbonyl (C=O) groups is 1. The average Bonchev–Trinajstić information content (AvgIpc) is 3.16. The summed E-state index contributed by atoms with van der Waals surface area (Å²) in [5.41, 5.74) is 2.56. The first-order chi connectivity index (χ1) is 14.7. The second-order valence-corrected chi connectivity index (χ2v) is 7.93. The number of nitrogens with zero attached hydrogens (tertiary/aromatic N) is 3. The maximum atomic E-state index is 13.1. The van der Waals surface area contributed by atoms with Crippen LogP contribution in [-0.2, 0) is 0 Å². The van der Waals surface area contributed by atoms with E-state index in [1.807, 2.05) is 46.7 Å². The van der Waals surface area contributed by atoms with E-state index in [1.165, 1.54) is 11.3 Å². The summed E-state index contributed by atoms with van der Waals surface area (Å²) in [4.78, 5) is 21.9. The van der Waals surface area contributed by atoms with Crippen LogP contribution in [0.2, 0.25) is 0 Å². The third-order valence-corrected chi connectivity index (χ3v) is 6.16. The Kier molecular flexibility index (Phi) is 6.18. The van der Waals surface area contributed by atoms with Gasteiger partial charge >= 0.3 is 0 Å². The number of anilines is 1. The molecular weight excluding hydrogens is 398 g/mol. The Morgan fingerprint density at radius 3 is 2.53 bits per heavy atom. The molecule has 0 bridgehead atoms. The van der Waals surface area contributed by atoms with Crippen LogP contribution >= 0.6 is 11.3 Å². The lowest BCUT2D eigenvalue weighted by Gasteiger charge is -2.23. The van der Waals surface area contributed by atoms with E-state index in [2.05, 4.69) is 22.0 Å². The molecule has 1 amide bonds. The van der Waals surface area contributed by atoms with Crippen LogP contribution in [-0.4, -0.2) is 56.2 Å². The molecule has 6 nitrogen and oxygen atoms in total. The molecule has 1 fully saturated rings. The first-order valence-corrected chi connectivity index (χ1v) is 10.8. The molecular formula is C23H25N3O3S. The normalized spacial score (nSPS) is 14.3. The van der Waals surface area contributed by atoms with Gasteiger partial charge in [0.2, 0.25) is 0 Å². The highest BCUT2D eigenvalue weighted by molar-refractivity contribution is 7.13. The van der Waals surface area contributed by atoms with Crippen molar-refractivity contribution in [1.29, 1.82) is 0 Å². The largest absolute Gasteiger partial charge is 0.497 e. The summed E-state index contributed by atoms with van der Waals surface area (Å²) in [7, 11) is 3.31. The summed E-state index contributed by atoms with van der Waals surface area (Å²) >= 11 is 1.47. The standard InChI is InChI=1S/C23H25N3O3S/c1-28-18-10-8-17(9-11-18)25-12-5-13-26(15-14-25)23(27)20-16-30-22(24-20)19-6-3-4-7-21(19)29-2/h3-4,6-11,16H,5,12-15H2,1-2H3. The quantitative estimate of drug-likeness (QED) is 0.616. The fourth-order valence-electron chi connectivity index (χ4n) is 3.65. The lowest BCUT2D eigenvalue weighted by Crippen LogP contribution is -2.35. The molecule has 0 saturated carbocycles. The number of carbonyl (C=O) groups excluding carboxylic acids is 1. The topological polar surface area (TPSA) is 54.9 Å². The highest BCUT2D eigenvalue weighted by Crippen LogP contribution is 2.32. The number of benzene rings is 2. The Morgan fingerprint density at radius 1 is 0.967 bits per heavy atom. The maximum Gasteiger partial charge on any atom is 0.273 e. The van der Waals surface area contributed by atoms with Crippen LogP contribution in [0.3, 0.4) is 0 Å². The van der Waals surface area contributed by atoms with Gasteiger partial charge in [0.25, 0.3) is 5.91 Å². The van der Waals surface area contributed by atoms with Gasteiger partial charge in [0.05, 0.1) is 19.8 Å². The zero-order chi connectivity index (χ0) is 20.9. The number of methoxy groups -OCH3 is 2. The molecule has 0 atom stereocenters. The van der Waals surface area contributed by atoms with Crippen LogP contribution in [0.1, 0.15) is 16.9 Å². The predicted molar refractivity (Wildman–Crippen MR) is 120 cm³/mol. The van der Waals surface area contributed by atoms with Crippen LogP contribution < -0.4 is 14.4 Å². The molecule has 2 aromatic carbocycles. The number of hydrogen-bond acceptors (Lipinski definition) is 6. The van der Waals surface area contributed by atoms with Crippen LogP contribution in [0.4, 0.5) is 5.69 Å². The molecule has 1 aromatic heterocycles. The molecule has 7 heteroatoms. The monoisotopic (exact) mass is 423 g/mol. The number of amides is 1. The lowest BCUT2D eigenvalue weighted by molar-refractivity contribution is 0.0762. The minimum absolute atomic E-state index is 0.0102. The summed E-state index contributed by atoms with van der Waals surface area (Å²) in [6, 6.07) is 15.8. The number of hydrogen-bond donors (Lipinski definition) is 0. The molecule has 0 spiro atoms. The summed E-state index contributed by atoms with van der Waals surface area (Å²) in [6.45, 7) is 3.11. The molecule has 0 radical (unpaired) electrons. The Labute approximate surface area is 180 Å². The van der Waals surface area contributed by atoms with Crippen LogP contribution in [0.25, 0.3) is 10.6 Å². The van der Waals surface area contributed by atoms with Gasteiger partial charge in [0, 0.05) is 37.2 Å². The van der Waals surface area contributed by atoms with Gasteiger partial charge in [0.15, 0.2) is 0 Å². The molecule has 0 unspecified atom stereocenters. The van der Waals surface area contributed by atoms with Crippen molar-refractivity contribution in [2.45, 2.75) is 6.42 Å². The van der Waals surface area contributed by atoms with Gasteiger partial charge in [-0.1, -0.05) is 12.1 Å². The van der Waals surface area contributed by atoms with E-state index in [0.29, 0.717) is 12.2 Å². The van der Waals surface area contributed by atoms with E-state index in [-0.39, 0.29) is 5.91 Å². The second-order valence-electron chi connectivity index (χ2n) is 7.07. The third kappa shape index (κ3) is 4.26. The highest BCUT2D eigenvalue weighted by atomic mass is 32.1. The van der Waals surface area contributed by atoms with Crippen molar-refractivity contribution < 1.29 is 14.3 Å². The number of rotatable bonds is 5. The van der Waals surface area contributed by atoms with E-state index in [1.54, 1.807) is 14.2 Å². The van der Waals surface area contributed by atoms with Gasteiger partial charge in [0.1, 0.15) is 22.2 Å². The number of ether oxygens (including phenoxy) is 2. The van der Waals surface area contributed by atoms with Crippen molar-refractivity contribution in [2.75, 3.05) is 45.3 Å². The second kappa shape index (κ2) is 9.17. The molecule has 1 saturated heterocycles. The Hall–Kier alpha value is -3.06.